The summed E-state index contributed by atoms with van der Waals surface area (Å²) in [6, 6.07) is 0. The van der Waals surface area contributed by atoms with Gasteiger partial charge in [-0.1, -0.05) is 11.8 Å². The Kier molecular flexibility index (Phi) is 21.1. The van der Waals surface area contributed by atoms with Gasteiger partial charge in [0.15, 0.2) is 0 Å². The van der Waals surface area contributed by atoms with Gasteiger partial charge in [-0.2, -0.15) is 0 Å². The molecule has 44 valence electrons. The smallest absolute Gasteiger partial charge is 0.0832 e. The Labute approximate surface area is 60.2 Å². The summed E-state index contributed by atoms with van der Waals surface area (Å²) in [5, 5.41) is 0. The first-order valence-corrected chi connectivity index (χ1v) is 2.89. The summed E-state index contributed by atoms with van der Waals surface area (Å²) in [5.74, 6) is 5.03. The van der Waals surface area contributed by atoms with E-state index in [-0.39, 0.29) is 0 Å². The van der Waals surface area contributed by atoms with Crippen molar-refractivity contribution < 1.29 is 0 Å². The minimum absolute atomic E-state index is 0.319. The standard InChI is InChI=1S/2C3H3Cl/c2*1-2-3-4/h2*1H,3H2. The molecule has 0 aromatic heterocycles. The first-order chi connectivity index (χ1) is 3.83. The quantitative estimate of drug-likeness (QED) is 0.363. The predicted octanol–water partition coefficient (Wildman–Crippen LogP) is 1.72. The van der Waals surface area contributed by atoms with Crippen LogP contribution in [0.1, 0.15) is 0 Å². The van der Waals surface area contributed by atoms with Gasteiger partial charge in [-0.05, 0) is 0 Å². The molecule has 0 aliphatic carbocycles. The van der Waals surface area contributed by atoms with E-state index in [1.807, 2.05) is 0 Å². The molecule has 0 rings (SSSR count). The highest BCUT2D eigenvalue weighted by Gasteiger charge is 1.47. The molecular formula is C6H6Cl2. The number of terminal acetylenes is 2. The van der Waals surface area contributed by atoms with Crippen LogP contribution in [0.25, 0.3) is 0 Å². The highest BCUT2D eigenvalue weighted by molar-refractivity contribution is 6.19. The van der Waals surface area contributed by atoms with Crippen LogP contribution in [-0.4, -0.2) is 11.8 Å². The third-order valence-electron chi connectivity index (χ3n) is 0.154. The molecule has 0 N–H and O–H groups in total. The first kappa shape index (κ1) is 10.6. The Morgan fingerprint density at radius 2 is 1.12 bits per heavy atom. The summed E-state index contributed by atoms with van der Waals surface area (Å²) < 4.78 is 0. The van der Waals surface area contributed by atoms with E-state index < -0.39 is 0 Å². The molecule has 0 heterocycles. The zero-order chi connectivity index (χ0) is 6.83. The molecule has 2 heteroatoms. The largest absolute Gasteiger partial charge is 0.119 e. The normalized spacial score (nSPS) is 5.00. The third kappa shape index (κ3) is 43.6. The van der Waals surface area contributed by atoms with Crippen LogP contribution in [0, 0.1) is 24.7 Å². The lowest BCUT2D eigenvalue weighted by Crippen LogP contribution is -1.47. The molecule has 0 atom stereocenters. The monoisotopic (exact) mass is 148 g/mol. The molecule has 0 amide bonds. The average Bonchev–Trinajstić information content (AvgIpc) is 1.88. The fourth-order valence-electron chi connectivity index (χ4n) is 0. The molecular weight excluding hydrogens is 143 g/mol. The van der Waals surface area contributed by atoms with Crippen LogP contribution < -0.4 is 0 Å². The second-order valence-corrected chi connectivity index (χ2v) is 1.21. The van der Waals surface area contributed by atoms with Gasteiger partial charge in [0.2, 0.25) is 0 Å². The Morgan fingerprint density at radius 3 is 1.12 bits per heavy atom. The van der Waals surface area contributed by atoms with Gasteiger partial charge in [0.25, 0.3) is 0 Å². The van der Waals surface area contributed by atoms with Crippen LogP contribution in [0.5, 0.6) is 0 Å². The zero-order valence-electron chi connectivity index (χ0n) is 4.32. The van der Waals surface area contributed by atoms with Crippen molar-refractivity contribution in [2.75, 3.05) is 11.8 Å². The summed E-state index contributed by atoms with van der Waals surface area (Å²) in [5.41, 5.74) is 0. The summed E-state index contributed by atoms with van der Waals surface area (Å²) in [6.07, 6.45) is 9.29. The second-order valence-electron chi connectivity index (χ2n) is 0.676. The Balaban J connectivity index is 0. The summed E-state index contributed by atoms with van der Waals surface area (Å²) >= 11 is 9.90. The van der Waals surface area contributed by atoms with Gasteiger partial charge in [-0.3, -0.25) is 0 Å². The summed E-state index contributed by atoms with van der Waals surface area (Å²) in [6.45, 7) is 0. The molecule has 0 bridgehead atoms. The maximum atomic E-state index is 4.95. The maximum Gasteiger partial charge on any atom is 0.0832 e. The molecule has 8 heavy (non-hydrogen) atoms. The minimum Gasteiger partial charge on any atom is -0.119 e. The number of hydrogen-bond donors (Lipinski definition) is 0. The van der Waals surface area contributed by atoms with E-state index in [0.717, 1.165) is 0 Å². The first-order valence-electron chi connectivity index (χ1n) is 1.82. The van der Waals surface area contributed by atoms with Gasteiger partial charge in [0.1, 0.15) is 0 Å². The van der Waals surface area contributed by atoms with E-state index in [9.17, 15) is 0 Å². The van der Waals surface area contributed by atoms with Crippen LogP contribution >= 0.6 is 23.2 Å². The van der Waals surface area contributed by atoms with Crippen molar-refractivity contribution in [3.8, 4) is 24.7 Å². The minimum atomic E-state index is 0.319. The van der Waals surface area contributed by atoms with E-state index in [1.165, 1.54) is 0 Å². The van der Waals surface area contributed by atoms with Crippen molar-refractivity contribution in [3.63, 3.8) is 0 Å². The summed E-state index contributed by atoms with van der Waals surface area (Å²) in [7, 11) is 0. The number of hydrogen-bond acceptors (Lipinski definition) is 0. The van der Waals surface area contributed by atoms with E-state index in [0.29, 0.717) is 11.8 Å². The van der Waals surface area contributed by atoms with Crippen LogP contribution in [-0.2, 0) is 0 Å². The van der Waals surface area contributed by atoms with Crippen molar-refractivity contribution in [1.82, 2.24) is 0 Å². The molecule has 0 aromatic carbocycles. The molecule has 0 unspecified atom stereocenters. The molecule has 0 spiro atoms. The number of alkyl halides is 2. The van der Waals surface area contributed by atoms with Crippen molar-refractivity contribution in [1.29, 1.82) is 0 Å². The number of rotatable bonds is 0. The van der Waals surface area contributed by atoms with Gasteiger partial charge in [0, 0.05) is 0 Å². The van der Waals surface area contributed by atoms with Crippen LogP contribution in [0.3, 0.4) is 0 Å². The molecule has 0 aliphatic heterocycles. The lowest BCUT2D eigenvalue weighted by atomic mass is 10.8. The fraction of sp³-hybridized carbons (Fsp3) is 0.333. The van der Waals surface area contributed by atoms with Gasteiger partial charge in [-0.25, -0.2) is 0 Å². The summed E-state index contributed by atoms with van der Waals surface area (Å²) in [4.78, 5) is 0. The Morgan fingerprint density at radius 1 is 1.00 bits per heavy atom. The zero-order valence-corrected chi connectivity index (χ0v) is 5.84. The van der Waals surface area contributed by atoms with Crippen molar-refractivity contribution in [2.45, 2.75) is 0 Å². The average molecular weight is 149 g/mol. The lowest BCUT2D eigenvalue weighted by Gasteiger charge is -1.50. The second kappa shape index (κ2) is 15.9. The lowest BCUT2D eigenvalue weighted by molar-refractivity contribution is 1.94. The van der Waals surface area contributed by atoms with Crippen LogP contribution in [0.4, 0.5) is 0 Å². The Hall–Kier alpha value is -0.300. The van der Waals surface area contributed by atoms with E-state index in [4.69, 9.17) is 23.2 Å². The Bertz CT molecular complexity index is 80.1. The highest BCUT2D eigenvalue weighted by Crippen LogP contribution is 1.61. The maximum absolute atomic E-state index is 4.95. The number of halogens is 2. The fourth-order valence-corrected chi connectivity index (χ4v) is 0. The third-order valence-corrected chi connectivity index (χ3v) is 0.463. The molecule has 0 saturated heterocycles. The van der Waals surface area contributed by atoms with Gasteiger partial charge < -0.3 is 0 Å². The molecule has 0 aliphatic rings. The molecule has 0 radical (unpaired) electrons. The molecule has 0 aromatic rings. The van der Waals surface area contributed by atoms with Gasteiger partial charge >= 0.3 is 0 Å². The van der Waals surface area contributed by atoms with Crippen molar-refractivity contribution in [2.24, 2.45) is 0 Å². The molecule has 0 saturated carbocycles. The highest BCUT2D eigenvalue weighted by atomic mass is 35.5. The SMILES string of the molecule is C#CCCl.C#CCCl. The van der Waals surface area contributed by atoms with Gasteiger partial charge in [0.05, 0.1) is 11.8 Å². The predicted molar refractivity (Wildman–Crippen MR) is 39.1 cm³/mol. The van der Waals surface area contributed by atoms with Crippen molar-refractivity contribution >= 4 is 23.2 Å². The van der Waals surface area contributed by atoms with Crippen LogP contribution in [0.15, 0.2) is 0 Å². The molecule has 0 nitrogen and oxygen atoms in total. The molecule has 0 fully saturated rings. The van der Waals surface area contributed by atoms with E-state index >= 15 is 0 Å². The van der Waals surface area contributed by atoms with Gasteiger partial charge in [-0.15, -0.1) is 36.0 Å². The van der Waals surface area contributed by atoms with E-state index in [1.54, 1.807) is 0 Å². The van der Waals surface area contributed by atoms with Crippen molar-refractivity contribution in [3.05, 3.63) is 0 Å². The topological polar surface area (TPSA) is 0 Å². The van der Waals surface area contributed by atoms with Crippen LogP contribution in [0.2, 0.25) is 0 Å². The van der Waals surface area contributed by atoms with E-state index in [2.05, 4.69) is 24.7 Å².